The number of benzene rings is 1. The van der Waals surface area contributed by atoms with Gasteiger partial charge in [-0.3, -0.25) is 9.59 Å². The molecule has 1 heterocycles. The van der Waals surface area contributed by atoms with Crippen LogP contribution in [0.25, 0.3) is 0 Å². The highest BCUT2D eigenvalue weighted by Gasteiger charge is 2.22. The average molecular weight is 246 g/mol. The first-order valence-electron chi connectivity index (χ1n) is 6.30. The van der Waals surface area contributed by atoms with Gasteiger partial charge in [0.25, 0.3) is 5.91 Å². The number of carbonyl (C=O) groups is 2. The molecule has 0 radical (unpaired) electrons. The minimum absolute atomic E-state index is 0.125. The van der Waals surface area contributed by atoms with E-state index in [1.54, 1.807) is 12.1 Å². The van der Waals surface area contributed by atoms with Crippen LogP contribution in [0.15, 0.2) is 30.3 Å². The maximum atomic E-state index is 11.9. The average Bonchev–Trinajstić information content (AvgIpc) is 2.27. The summed E-state index contributed by atoms with van der Waals surface area (Å²) in [4.78, 5) is 25.4. The Morgan fingerprint density at radius 2 is 1.94 bits per heavy atom. The van der Waals surface area contributed by atoms with Crippen LogP contribution in [0.3, 0.4) is 0 Å². The minimum atomic E-state index is -0.134. The van der Waals surface area contributed by atoms with Crippen LogP contribution < -0.4 is 5.32 Å². The zero-order valence-corrected chi connectivity index (χ0v) is 10.6. The fourth-order valence-corrected chi connectivity index (χ4v) is 1.90. The van der Waals surface area contributed by atoms with E-state index in [9.17, 15) is 9.59 Å². The van der Waals surface area contributed by atoms with E-state index in [0.717, 1.165) is 19.5 Å². The van der Waals surface area contributed by atoms with Crippen LogP contribution in [0.4, 0.5) is 0 Å². The van der Waals surface area contributed by atoms with E-state index in [1.165, 1.54) is 0 Å². The van der Waals surface area contributed by atoms with Gasteiger partial charge in [0, 0.05) is 31.1 Å². The smallest absolute Gasteiger partial charge is 0.251 e. The largest absolute Gasteiger partial charge is 0.349 e. The fraction of sp³-hybridized carbons (Fsp3) is 0.429. The molecule has 2 rings (SSSR count). The van der Waals surface area contributed by atoms with Crippen molar-refractivity contribution in [3.05, 3.63) is 35.9 Å². The van der Waals surface area contributed by atoms with Gasteiger partial charge in [0.2, 0.25) is 5.91 Å². The predicted octanol–water partition coefficient (Wildman–Crippen LogP) is 1.43. The molecule has 0 aliphatic carbocycles. The van der Waals surface area contributed by atoms with Crippen molar-refractivity contribution in [1.82, 2.24) is 10.2 Å². The molecule has 96 valence electrons. The van der Waals surface area contributed by atoms with Crippen molar-refractivity contribution in [3.8, 4) is 0 Å². The molecule has 1 aromatic rings. The summed E-state index contributed by atoms with van der Waals surface area (Å²) in [6, 6.07) is 8.91. The fourth-order valence-electron chi connectivity index (χ4n) is 1.90. The van der Waals surface area contributed by atoms with Crippen LogP contribution in [0, 0.1) is 0 Å². The van der Waals surface area contributed by atoms with Gasteiger partial charge in [0.05, 0.1) is 0 Å². The molecule has 4 nitrogen and oxygen atoms in total. The summed E-state index contributed by atoms with van der Waals surface area (Å²) in [6.07, 6.45) is 1.47. The molecule has 1 fully saturated rings. The second-order valence-electron chi connectivity index (χ2n) is 4.68. The summed E-state index contributed by atoms with van der Waals surface area (Å²) in [6.45, 7) is 3.58. The molecule has 0 aromatic heterocycles. The number of carbonyl (C=O) groups excluding carboxylic acids is 2. The van der Waals surface area contributed by atoms with Crippen LogP contribution in [0.2, 0.25) is 0 Å². The molecule has 1 saturated heterocycles. The molecular weight excluding hydrogens is 228 g/mol. The van der Waals surface area contributed by atoms with E-state index < -0.39 is 0 Å². The third-order valence-corrected chi connectivity index (χ3v) is 3.10. The van der Waals surface area contributed by atoms with Crippen LogP contribution in [-0.4, -0.2) is 35.8 Å². The van der Waals surface area contributed by atoms with Crippen molar-refractivity contribution < 1.29 is 9.59 Å². The number of hydrogen-bond donors (Lipinski definition) is 1. The number of hydrogen-bond acceptors (Lipinski definition) is 2. The quantitative estimate of drug-likeness (QED) is 0.873. The van der Waals surface area contributed by atoms with Crippen molar-refractivity contribution in [2.45, 2.75) is 25.8 Å². The zero-order chi connectivity index (χ0) is 13.0. The third-order valence-electron chi connectivity index (χ3n) is 3.10. The normalized spacial score (nSPS) is 15.7. The van der Waals surface area contributed by atoms with Crippen molar-refractivity contribution >= 4 is 11.8 Å². The highest BCUT2D eigenvalue weighted by atomic mass is 16.2. The molecule has 4 heteroatoms. The molecule has 1 N–H and O–H groups in total. The van der Waals surface area contributed by atoms with Gasteiger partial charge in [0.1, 0.15) is 0 Å². The van der Waals surface area contributed by atoms with Gasteiger partial charge in [-0.15, -0.1) is 0 Å². The Morgan fingerprint density at radius 3 is 2.50 bits per heavy atom. The van der Waals surface area contributed by atoms with E-state index in [0.29, 0.717) is 12.0 Å². The van der Waals surface area contributed by atoms with Crippen LogP contribution in [-0.2, 0) is 4.79 Å². The Labute approximate surface area is 107 Å². The Kier molecular flexibility index (Phi) is 3.97. The number of likely N-dealkylation sites (tertiary alicyclic amines) is 1. The van der Waals surface area contributed by atoms with Gasteiger partial charge >= 0.3 is 0 Å². The number of nitrogens with zero attached hydrogens (tertiary/aromatic N) is 1. The topological polar surface area (TPSA) is 49.4 Å². The lowest BCUT2D eigenvalue weighted by molar-refractivity contribution is -0.134. The van der Waals surface area contributed by atoms with E-state index in [-0.39, 0.29) is 17.9 Å². The molecule has 0 spiro atoms. The standard InChI is InChI=1S/C14H18N2O2/c1-11(10-13(17)16-8-5-9-16)15-14(18)12-6-3-2-4-7-12/h2-4,6-7,11H,5,8-10H2,1H3,(H,15,18). The number of nitrogens with one attached hydrogen (secondary N) is 1. The van der Waals surface area contributed by atoms with Gasteiger partial charge < -0.3 is 10.2 Å². The Balaban J connectivity index is 1.81. The maximum absolute atomic E-state index is 11.9. The SMILES string of the molecule is CC(CC(=O)N1CCC1)NC(=O)c1ccccc1. The minimum Gasteiger partial charge on any atom is -0.349 e. The first kappa shape index (κ1) is 12.6. The lowest BCUT2D eigenvalue weighted by Crippen LogP contribution is -2.45. The van der Waals surface area contributed by atoms with Crippen LogP contribution in [0.1, 0.15) is 30.1 Å². The van der Waals surface area contributed by atoms with Gasteiger partial charge in [-0.25, -0.2) is 0 Å². The first-order chi connectivity index (χ1) is 8.66. The summed E-state index contributed by atoms with van der Waals surface area (Å²) in [7, 11) is 0. The van der Waals surface area contributed by atoms with Gasteiger partial charge in [0.15, 0.2) is 0 Å². The summed E-state index contributed by atoms with van der Waals surface area (Å²) < 4.78 is 0. The molecule has 1 aliphatic heterocycles. The molecule has 1 aromatic carbocycles. The highest BCUT2D eigenvalue weighted by Crippen LogP contribution is 2.09. The summed E-state index contributed by atoms with van der Waals surface area (Å²) in [5.74, 6) is 0.00150. The molecule has 2 amide bonds. The highest BCUT2D eigenvalue weighted by molar-refractivity contribution is 5.94. The molecule has 1 aliphatic rings. The lowest BCUT2D eigenvalue weighted by atomic mass is 10.1. The third kappa shape index (κ3) is 3.09. The van der Waals surface area contributed by atoms with E-state index in [1.807, 2.05) is 30.0 Å². The number of rotatable bonds is 4. The van der Waals surface area contributed by atoms with E-state index in [4.69, 9.17) is 0 Å². The van der Waals surface area contributed by atoms with Crippen LogP contribution >= 0.6 is 0 Å². The van der Waals surface area contributed by atoms with Gasteiger partial charge in [-0.05, 0) is 25.5 Å². The van der Waals surface area contributed by atoms with Gasteiger partial charge in [-0.1, -0.05) is 18.2 Å². The lowest BCUT2D eigenvalue weighted by Gasteiger charge is -2.31. The molecular formula is C14H18N2O2. The summed E-state index contributed by atoms with van der Waals surface area (Å²) in [5, 5.41) is 2.84. The van der Waals surface area contributed by atoms with E-state index >= 15 is 0 Å². The maximum Gasteiger partial charge on any atom is 0.251 e. The van der Waals surface area contributed by atoms with Crippen molar-refractivity contribution in [2.75, 3.05) is 13.1 Å². The monoisotopic (exact) mass is 246 g/mol. The second-order valence-corrected chi connectivity index (χ2v) is 4.68. The Morgan fingerprint density at radius 1 is 1.28 bits per heavy atom. The summed E-state index contributed by atoms with van der Waals surface area (Å²) in [5.41, 5.74) is 0.626. The molecule has 1 unspecified atom stereocenters. The predicted molar refractivity (Wildman–Crippen MR) is 69.2 cm³/mol. The zero-order valence-electron chi connectivity index (χ0n) is 10.6. The molecule has 0 saturated carbocycles. The molecule has 18 heavy (non-hydrogen) atoms. The van der Waals surface area contributed by atoms with Crippen molar-refractivity contribution in [1.29, 1.82) is 0 Å². The Hall–Kier alpha value is -1.84. The van der Waals surface area contributed by atoms with Gasteiger partial charge in [-0.2, -0.15) is 0 Å². The van der Waals surface area contributed by atoms with Crippen molar-refractivity contribution in [3.63, 3.8) is 0 Å². The Bertz CT molecular complexity index is 427. The molecule has 1 atom stereocenters. The molecule has 0 bridgehead atoms. The second kappa shape index (κ2) is 5.67. The number of amides is 2. The summed E-state index contributed by atoms with van der Waals surface area (Å²) >= 11 is 0. The van der Waals surface area contributed by atoms with E-state index in [2.05, 4.69) is 5.32 Å². The van der Waals surface area contributed by atoms with Crippen molar-refractivity contribution in [2.24, 2.45) is 0 Å². The van der Waals surface area contributed by atoms with Crippen LogP contribution in [0.5, 0.6) is 0 Å². The first-order valence-corrected chi connectivity index (χ1v) is 6.30.